The van der Waals surface area contributed by atoms with Crippen molar-refractivity contribution in [3.63, 3.8) is 0 Å². The van der Waals surface area contributed by atoms with E-state index in [1.54, 1.807) is 0 Å². The largest absolute Gasteiger partial charge is 0.512 e. The average molecular weight is 529 g/mol. The maximum Gasteiger partial charge on any atom is 0.161 e. The molecule has 207 valence electrons. The van der Waals surface area contributed by atoms with Gasteiger partial charge in [-0.05, 0) is 73.1 Å². The number of carbonyl (C=O) groups excluding carboxylic acids is 1. The van der Waals surface area contributed by atoms with Crippen LogP contribution in [0.3, 0.4) is 0 Å². The molecular weight excluding hydrogens is 486 g/mol. The van der Waals surface area contributed by atoms with E-state index >= 15 is 0 Å². The minimum absolute atomic E-state index is 0.0650. The molecule has 0 aliphatic rings. The van der Waals surface area contributed by atoms with E-state index in [1.165, 1.54) is 13.0 Å². The Morgan fingerprint density at radius 2 is 1.51 bits per heavy atom. The number of hydrogen-bond acceptors (Lipinski definition) is 5. The molecule has 1 heterocycles. The molecule has 5 nitrogen and oxygen atoms in total. The summed E-state index contributed by atoms with van der Waals surface area (Å²) in [5.41, 5.74) is 4.94. The lowest BCUT2D eigenvalue weighted by Crippen LogP contribution is -2.11. The highest BCUT2D eigenvalue weighted by molar-refractivity contribution is 5.87. The molecule has 0 spiro atoms. The number of pyridine rings is 1. The zero-order valence-corrected chi connectivity index (χ0v) is 23.9. The van der Waals surface area contributed by atoms with Crippen molar-refractivity contribution in [2.24, 2.45) is 11.8 Å². The normalized spacial score (nSPS) is 13.1. The van der Waals surface area contributed by atoms with Crippen LogP contribution >= 0.6 is 0 Å². The molecule has 2 atom stereocenters. The van der Waals surface area contributed by atoms with Crippen molar-refractivity contribution in [2.45, 2.75) is 60.3 Å². The number of nitrogens with zero attached hydrogens (tertiary/aromatic N) is 1. The standard InChI is InChI=1S/C34H42NO4/c1-6-24(3)22-38-33-18-17-28(21-34(33)39-23-25(4)7-2)27-11-8-12-29(20-27)32-16-10-14-30(35-32)13-9-15-31(37)19-26(5)36/h8-12,14,16-21,24-25,37H,6-7,13,15,22-23H2,1-5H3/b31-19-. The van der Waals surface area contributed by atoms with E-state index < -0.39 is 0 Å². The molecule has 0 saturated heterocycles. The number of carbonyl (C=O) groups is 1. The molecule has 1 aromatic heterocycles. The van der Waals surface area contributed by atoms with Gasteiger partial charge in [-0.3, -0.25) is 9.78 Å². The highest BCUT2D eigenvalue weighted by atomic mass is 16.5. The lowest BCUT2D eigenvalue weighted by Gasteiger charge is -2.18. The molecule has 2 unspecified atom stereocenters. The molecule has 3 aromatic rings. The summed E-state index contributed by atoms with van der Waals surface area (Å²) >= 11 is 0. The van der Waals surface area contributed by atoms with Crippen molar-refractivity contribution < 1.29 is 19.4 Å². The topological polar surface area (TPSA) is 68.7 Å². The van der Waals surface area contributed by atoms with Gasteiger partial charge in [0.2, 0.25) is 0 Å². The number of aromatic nitrogens is 1. The second kappa shape index (κ2) is 15.1. The van der Waals surface area contributed by atoms with Gasteiger partial charge in [0, 0.05) is 23.8 Å². The van der Waals surface area contributed by atoms with E-state index in [0.29, 0.717) is 37.9 Å². The monoisotopic (exact) mass is 528 g/mol. The summed E-state index contributed by atoms with van der Waals surface area (Å²) in [7, 11) is 0. The fraction of sp³-hybridized carbons (Fsp3) is 0.382. The third kappa shape index (κ3) is 9.58. The molecule has 0 aliphatic heterocycles. The first kappa shape index (κ1) is 29.9. The predicted molar refractivity (Wildman–Crippen MR) is 159 cm³/mol. The summed E-state index contributed by atoms with van der Waals surface area (Å²) < 4.78 is 12.4. The summed E-state index contributed by atoms with van der Waals surface area (Å²) in [6.45, 7) is 11.5. The molecule has 0 aliphatic carbocycles. The molecule has 0 amide bonds. The first-order chi connectivity index (χ1) is 18.8. The second-order valence-electron chi connectivity index (χ2n) is 10.3. The van der Waals surface area contributed by atoms with Gasteiger partial charge >= 0.3 is 0 Å². The smallest absolute Gasteiger partial charge is 0.161 e. The first-order valence-corrected chi connectivity index (χ1v) is 14.0. The van der Waals surface area contributed by atoms with Gasteiger partial charge in [-0.1, -0.05) is 70.9 Å². The van der Waals surface area contributed by atoms with Crippen LogP contribution in [-0.2, 0) is 11.2 Å². The Balaban J connectivity index is 1.80. The minimum atomic E-state index is -0.164. The number of aliphatic hydroxyl groups is 1. The molecule has 1 N–H and O–H groups in total. The Morgan fingerprint density at radius 3 is 2.21 bits per heavy atom. The Morgan fingerprint density at radius 1 is 0.872 bits per heavy atom. The Hall–Kier alpha value is -3.60. The van der Waals surface area contributed by atoms with Crippen LogP contribution in [-0.4, -0.2) is 29.1 Å². The van der Waals surface area contributed by atoms with Crippen molar-refractivity contribution in [2.75, 3.05) is 13.2 Å². The van der Waals surface area contributed by atoms with E-state index in [1.807, 2.05) is 36.8 Å². The van der Waals surface area contributed by atoms with Crippen LogP contribution in [0.4, 0.5) is 0 Å². The summed E-state index contributed by atoms with van der Waals surface area (Å²) in [4.78, 5) is 15.9. The molecule has 0 fully saturated rings. The van der Waals surface area contributed by atoms with Crippen molar-refractivity contribution in [3.8, 4) is 33.9 Å². The number of ketones is 1. The van der Waals surface area contributed by atoms with Crippen molar-refractivity contribution in [1.82, 2.24) is 4.98 Å². The fourth-order valence-corrected chi connectivity index (χ4v) is 3.89. The number of ether oxygens (including phenoxy) is 2. The number of allylic oxidation sites excluding steroid dienone is 2. The average Bonchev–Trinajstić information content (AvgIpc) is 2.94. The molecule has 2 aromatic carbocycles. The highest BCUT2D eigenvalue weighted by Crippen LogP contribution is 2.35. The molecule has 0 saturated carbocycles. The zero-order chi connectivity index (χ0) is 28.2. The molecular formula is C34H42NO4. The fourth-order valence-electron chi connectivity index (χ4n) is 3.89. The van der Waals surface area contributed by atoms with E-state index in [9.17, 15) is 9.90 Å². The van der Waals surface area contributed by atoms with Crippen LogP contribution in [0, 0.1) is 18.3 Å². The number of hydrogen-bond donors (Lipinski definition) is 1. The second-order valence-corrected chi connectivity index (χ2v) is 10.3. The summed E-state index contributed by atoms with van der Waals surface area (Å²) in [5.74, 6) is 2.41. The molecule has 5 heteroatoms. The molecule has 1 radical (unpaired) electrons. The van der Waals surface area contributed by atoms with Crippen LogP contribution in [0.2, 0.25) is 0 Å². The Kier molecular flexibility index (Phi) is 11.6. The third-order valence-corrected chi connectivity index (χ3v) is 6.76. The van der Waals surface area contributed by atoms with Crippen LogP contribution in [0.1, 0.15) is 59.6 Å². The first-order valence-electron chi connectivity index (χ1n) is 14.0. The maximum atomic E-state index is 11.1. The number of benzene rings is 2. The lowest BCUT2D eigenvalue weighted by molar-refractivity contribution is -0.112. The SMILES string of the molecule is CCC(C)COc1ccc(-c2cccc(-c3cccc(C[CH]C/C(O)=C/C(C)=O)n3)c2)cc1OCC(C)CC. The van der Waals surface area contributed by atoms with Gasteiger partial charge in [0.25, 0.3) is 0 Å². The maximum absolute atomic E-state index is 11.1. The van der Waals surface area contributed by atoms with Crippen LogP contribution in [0.15, 0.2) is 72.5 Å². The number of aliphatic hydroxyl groups excluding tert-OH is 1. The van der Waals surface area contributed by atoms with Gasteiger partial charge in [0.05, 0.1) is 24.7 Å². The van der Waals surface area contributed by atoms with Gasteiger partial charge in [0.15, 0.2) is 17.3 Å². The van der Waals surface area contributed by atoms with Crippen LogP contribution in [0.25, 0.3) is 22.4 Å². The molecule has 39 heavy (non-hydrogen) atoms. The van der Waals surface area contributed by atoms with Crippen molar-refractivity contribution in [3.05, 3.63) is 84.6 Å². The molecule has 0 bridgehead atoms. The van der Waals surface area contributed by atoms with Crippen molar-refractivity contribution in [1.29, 1.82) is 0 Å². The van der Waals surface area contributed by atoms with Gasteiger partial charge in [-0.25, -0.2) is 0 Å². The summed E-state index contributed by atoms with van der Waals surface area (Å²) in [6.07, 6.45) is 6.23. The van der Waals surface area contributed by atoms with Crippen LogP contribution < -0.4 is 9.47 Å². The van der Waals surface area contributed by atoms with E-state index in [-0.39, 0.29) is 11.5 Å². The minimum Gasteiger partial charge on any atom is -0.512 e. The van der Waals surface area contributed by atoms with Gasteiger partial charge in [-0.2, -0.15) is 0 Å². The van der Waals surface area contributed by atoms with Crippen molar-refractivity contribution >= 4 is 5.78 Å². The zero-order valence-electron chi connectivity index (χ0n) is 23.9. The van der Waals surface area contributed by atoms with Gasteiger partial charge < -0.3 is 14.6 Å². The Labute approximate surface area is 233 Å². The quantitative estimate of drug-likeness (QED) is 0.158. The van der Waals surface area contributed by atoms with Gasteiger partial charge in [-0.15, -0.1) is 0 Å². The Bertz CT molecular complexity index is 1250. The highest BCUT2D eigenvalue weighted by Gasteiger charge is 2.12. The summed E-state index contributed by atoms with van der Waals surface area (Å²) in [5, 5.41) is 9.82. The predicted octanol–water partition coefficient (Wildman–Crippen LogP) is 8.43. The lowest BCUT2D eigenvalue weighted by atomic mass is 10.0. The van der Waals surface area contributed by atoms with E-state index in [4.69, 9.17) is 14.5 Å². The number of rotatable bonds is 15. The van der Waals surface area contributed by atoms with E-state index in [0.717, 1.165) is 52.4 Å². The molecule has 3 rings (SSSR count). The third-order valence-electron chi connectivity index (χ3n) is 6.76. The van der Waals surface area contributed by atoms with Crippen LogP contribution in [0.5, 0.6) is 11.5 Å². The van der Waals surface area contributed by atoms with Gasteiger partial charge in [0.1, 0.15) is 0 Å². The van der Waals surface area contributed by atoms with E-state index in [2.05, 4.69) is 58.0 Å². The summed E-state index contributed by atoms with van der Waals surface area (Å²) in [6, 6.07) is 20.5.